The third-order valence-electron chi connectivity index (χ3n) is 2.72. The Morgan fingerprint density at radius 3 is 2.53 bits per heavy atom. The highest BCUT2D eigenvalue weighted by Gasteiger charge is 2.00. The zero-order chi connectivity index (χ0) is 12.1. The summed E-state index contributed by atoms with van der Waals surface area (Å²) < 4.78 is 0. The van der Waals surface area contributed by atoms with Crippen LogP contribution in [0.2, 0.25) is 0 Å². The third-order valence-corrected chi connectivity index (χ3v) is 2.72. The van der Waals surface area contributed by atoms with E-state index in [9.17, 15) is 5.11 Å². The van der Waals surface area contributed by atoms with E-state index in [0.29, 0.717) is 12.3 Å². The number of phenols is 1. The van der Waals surface area contributed by atoms with E-state index in [1.807, 2.05) is 37.3 Å². The van der Waals surface area contributed by atoms with E-state index in [-0.39, 0.29) is 0 Å². The van der Waals surface area contributed by atoms with Crippen LogP contribution >= 0.6 is 0 Å². The molecule has 2 nitrogen and oxygen atoms in total. The predicted octanol–water partition coefficient (Wildman–Crippen LogP) is 2.99. The largest absolute Gasteiger partial charge is 0.508 e. The molecular weight excluding hydrogens is 210 g/mol. The van der Waals surface area contributed by atoms with Crippen molar-refractivity contribution in [1.29, 1.82) is 0 Å². The van der Waals surface area contributed by atoms with Gasteiger partial charge in [0.05, 0.1) is 0 Å². The Morgan fingerprint density at radius 2 is 1.76 bits per heavy atom. The van der Waals surface area contributed by atoms with Crippen molar-refractivity contribution in [3.63, 3.8) is 0 Å². The topological polar surface area (TPSA) is 32.3 Å². The Kier molecular flexibility index (Phi) is 3.78. The first kappa shape index (κ1) is 11.7. The van der Waals surface area contributed by atoms with Crippen molar-refractivity contribution >= 4 is 0 Å². The SMILES string of the molecule is Cc1ccc(O)c(CNCc2ccccc2)c1. The molecule has 0 atom stereocenters. The summed E-state index contributed by atoms with van der Waals surface area (Å²) in [4.78, 5) is 0. The number of rotatable bonds is 4. The van der Waals surface area contributed by atoms with Crippen LogP contribution < -0.4 is 5.32 Å². The van der Waals surface area contributed by atoms with E-state index in [1.165, 1.54) is 11.1 Å². The van der Waals surface area contributed by atoms with Crippen molar-refractivity contribution in [3.05, 3.63) is 65.2 Å². The molecular formula is C15H17NO. The van der Waals surface area contributed by atoms with Crippen LogP contribution in [0.4, 0.5) is 0 Å². The van der Waals surface area contributed by atoms with Crippen molar-refractivity contribution in [1.82, 2.24) is 5.32 Å². The second kappa shape index (κ2) is 5.51. The summed E-state index contributed by atoms with van der Waals surface area (Å²) in [7, 11) is 0. The van der Waals surface area contributed by atoms with Crippen LogP contribution in [-0.4, -0.2) is 5.11 Å². The van der Waals surface area contributed by atoms with Crippen LogP contribution in [0.15, 0.2) is 48.5 Å². The van der Waals surface area contributed by atoms with E-state index in [0.717, 1.165) is 12.1 Å². The maximum atomic E-state index is 9.69. The minimum absolute atomic E-state index is 0.358. The number of aryl methyl sites for hydroxylation is 1. The lowest BCUT2D eigenvalue weighted by atomic mass is 10.1. The van der Waals surface area contributed by atoms with Gasteiger partial charge in [0, 0.05) is 18.7 Å². The fourth-order valence-corrected chi connectivity index (χ4v) is 1.79. The van der Waals surface area contributed by atoms with E-state index >= 15 is 0 Å². The maximum Gasteiger partial charge on any atom is 0.120 e. The quantitative estimate of drug-likeness (QED) is 0.841. The summed E-state index contributed by atoms with van der Waals surface area (Å²) in [6.45, 7) is 3.52. The van der Waals surface area contributed by atoms with Gasteiger partial charge in [-0.2, -0.15) is 0 Å². The number of nitrogens with one attached hydrogen (secondary N) is 1. The minimum atomic E-state index is 0.358. The molecule has 0 saturated carbocycles. The van der Waals surface area contributed by atoms with E-state index in [4.69, 9.17) is 0 Å². The van der Waals surface area contributed by atoms with Gasteiger partial charge >= 0.3 is 0 Å². The molecule has 2 aromatic rings. The number of aromatic hydroxyl groups is 1. The molecule has 0 aliphatic heterocycles. The summed E-state index contributed by atoms with van der Waals surface area (Å²) in [5.41, 5.74) is 3.36. The molecule has 2 aromatic carbocycles. The van der Waals surface area contributed by atoms with Crippen molar-refractivity contribution in [2.75, 3.05) is 0 Å². The molecule has 0 fully saturated rings. The summed E-state index contributed by atoms with van der Waals surface area (Å²) in [5, 5.41) is 13.0. The first-order valence-corrected chi connectivity index (χ1v) is 5.79. The molecule has 0 bridgehead atoms. The molecule has 0 spiro atoms. The molecule has 88 valence electrons. The highest BCUT2D eigenvalue weighted by atomic mass is 16.3. The van der Waals surface area contributed by atoms with Gasteiger partial charge in [0.2, 0.25) is 0 Å². The van der Waals surface area contributed by atoms with Crippen LogP contribution in [0.3, 0.4) is 0 Å². The van der Waals surface area contributed by atoms with Crippen molar-refractivity contribution in [3.8, 4) is 5.75 Å². The fraction of sp³-hybridized carbons (Fsp3) is 0.200. The zero-order valence-corrected chi connectivity index (χ0v) is 9.98. The molecule has 0 aliphatic rings. The molecule has 0 heterocycles. The smallest absolute Gasteiger partial charge is 0.120 e. The van der Waals surface area contributed by atoms with Crippen molar-refractivity contribution < 1.29 is 5.11 Å². The first-order chi connectivity index (χ1) is 8.25. The molecule has 2 rings (SSSR count). The van der Waals surface area contributed by atoms with Crippen LogP contribution in [0.1, 0.15) is 16.7 Å². The molecule has 0 unspecified atom stereocenters. The lowest BCUT2D eigenvalue weighted by molar-refractivity contribution is 0.464. The van der Waals surface area contributed by atoms with E-state index in [1.54, 1.807) is 6.07 Å². The molecule has 0 radical (unpaired) electrons. The molecule has 0 aromatic heterocycles. The first-order valence-electron chi connectivity index (χ1n) is 5.79. The van der Waals surface area contributed by atoms with Gasteiger partial charge in [-0.3, -0.25) is 0 Å². The number of phenolic OH excluding ortho intramolecular Hbond substituents is 1. The second-order valence-electron chi connectivity index (χ2n) is 4.22. The lowest BCUT2D eigenvalue weighted by Crippen LogP contribution is -2.12. The van der Waals surface area contributed by atoms with Gasteiger partial charge in [0.1, 0.15) is 5.75 Å². The summed E-state index contributed by atoms with van der Waals surface area (Å²) in [6.07, 6.45) is 0. The summed E-state index contributed by atoms with van der Waals surface area (Å²) >= 11 is 0. The van der Waals surface area contributed by atoms with Gasteiger partial charge in [-0.1, -0.05) is 48.0 Å². The fourth-order valence-electron chi connectivity index (χ4n) is 1.79. The van der Waals surface area contributed by atoms with E-state index < -0.39 is 0 Å². The highest BCUT2D eigenvalue weighted by Crippen LogP contribution is 2.17. The molecule has 2 heteroatoms. The highest BCUT2D eigenvalue weighted by molar-refractivity contribution is 5.35. The minimum Gasteiger partial charge on any atom is -0.508 e. The van der Waals surface area contributed by atoms with Crippen LogP contribution in [0, 0.1) is 6.92 Å². The number of benzene rings is 2. The molecule has 2 N–H and O–H groups in total. The molecule has 17 heavy (non-hydrogen) atoms. The second-order valence-corrected chi connectivity index (χ2v) is 4.22. The standard InChI is InChI=1S/C15H17NO/c1-12-7-8-15(17)14(9-12)11-16-10-13-5-3-2-4-6-13/h2-9,16-17H,10-11H2,1H3. The van der Waals surface area contributed by atoms with Gasteiger partial charge in [0.25, 0.3) is 0 Å². The van der Waals surface area contributed by atoms with Gasteiger partial charge in [-0.15, -0.1) is 0 Å². The molecule has 0 amide bonds. The van der Waals surface area contributed by atoms with Crippen LogP contribution in [-0.2, 0) is 13.1 Å². The Balaban J connectivity index is 1.92. The van der Waals surface area contributed by atoms with Gasteiger partial charge in [-0.25, -0.2) is 0 Å². The van der Waals surface area contributed by atoms with E-state index in [2.05, 4.69) is 17.4 Å². The summed E-state index contributed by atoms with van der Waals surface area (Å²) in [5.74, 6) is 0.358. The summed E-state index contributed by atoms with van der Waals surface area (Å²) in [6, 6.07) is 15.9. The molecule has 0 saturated heterocycles. The zero-order valence-electron chi connectivity index (χ0n) is 9.98. The average molecular weight is 227 g/mol. The van der Waals surface area contributed by atoms with Gasteiger partial charge in [0.15, 0.2) is 0 Å². The number of hydrogen-bond donors (Lipinski definition) is 2. The Bertz CT molecular complexity index is 480. The maximum absolute atomic E-state index is 9.69. The monoisotopic (exact) mass is 227 g/mol. The molecule has 0 aliphatic carbocycles. The average Bonchev–Trinajstić information content (AvgIpc) is 2.35. The Morgan fingerprint density at radius 1 is 1.00 bits per heavy atom. The van der Waals surface area contributed by atoms with Crippen LogP contribution in [0.25, 0.3) is 0 Å². The Labute approximate surface area is 102 Å². The normalized spacial score (nSPS) is 10.4. The predicted molar refractivity (Wildman–Crippen MR) is 69.8 cm³/mol. The van der Waals surface area contributed by atoms with Crippen molar-refractivity contribution in [2.24, 2.45) is 0 Å². The Hall–Kier alpha value is -1.80. The van der Waals surface area contributed by atoms with Crippen LogP contribution in [0.5, 0.6) is 5.75 Å². The number of hydrogen-bond acceptors (Lipinski definition) is 2. The van der Waals surface area contributed by atoms with Crippen molar-refractivity contribution in [2.45, 2.75) is 20.0 Å². The lowest BCUT2D eigenvalue weighted by Gasteiger charge is -2.07. The van der Waals surface area contributed by atoms with Gasteiger partial charge in [-0.05, 0) is 18.6 Å². The van der Waals surface area contributed by atoms with Gasteiger partial charge < -0.3 is 10.4 Å². The third kappa shape index (κ3) is 3.33.